The third kappa shape index (κ3) is 4.91. The maximum Gasteiger partial charge on any atom is 0.195 e. The first-order valence-corrected chi connectivity index (χ1v) is 10.5. The molecule has 2 aromatic carbocycles. The number of hydrogen-bond acceptors (Lipinski definition) is 4. The summed E-state index contributed by atoms with van der Waals surface area (Å²) in [5.74, 6) is 1.64. The molecule has 0 bridgehead atoms. The Morgan fingerprint density at radius 2 is 1.89 bits per heavy atom. The van der Waals surface area contributed by atoms with Crippen LogP contribution in [0.25, 0.3) is 6.08 Å². The van der Waals surface area contributed by atoms with Gasteiger partial charge in [-0.05, 0) is 70.7 Å². The first-order chi connectivity index (χ1) is 13.5. The van der Waals surface area contributed by atoms with Crippen molar-refractivity contribution in [2.45, 2.75) is 20.5 Å². The van der Waals surface area contributed by atoms with E-state index in [9.17, 15) is 4.79 Å². The van der Waals surface area contributed by atoms with Gasteiger partial charge >= 0.3 is 0 Å². The van der Waals surface area contributed by atoms with Gasteiger partial charge in [0.05, 0.1) is 12.0 Å². The van der Waals surface area contributed by atoms with Gasteiger partial charge in [0.1, 0.15) is 18.1 Å². The average molecular weight is 457 g/mol. The fourth-order valence-electron chi connectivity index (χ4n) is 2.89. The summed E-state index contributed by atoms with van der Waals surface area (Å²) in [4.78, 5) is 13.0. The van der Waals surface area contributed by atoms with Crippen LogP contribution in [0.3, 0.4) is 0 Å². The number of para-hydroxylation sites is 1. The van der Waals surface area contributed by atoms with E-state index in [4.69, 9.17) is 9.47 Å². The van der Waals surface area contributed by atoms with Crippen molar-refractivity contribution in [2.75, 3.05) is 7.11 Å². The topological polar surface area (TPSA) is 35.5 Å². The van der Waals surface area contributed by atoms with Gasteiger partial charge in [-0.25, -0.2) is 0 Å². The van der Waals surface area contributed by atoms with Crippen LogP contribution in [0.2, 0.25) is 0 Å². The van der Waals surface area contributed by atoms with Gasteiger partial charge in [-0.2, -0.15) is 0 Å². The Bertz CT molecular complexity index is 1000. The van der Waals surface area contributed by atoms with Gasteiger partial charge in [0, 0.05) is 15.4 Å². The predicted molar refractivity (Wildman–Crippen MR) is 119 cm³/mol. The maximum atomic E-state index is 12.3. The van der Waals surface area contributed by atoms with Crippen LogP contribution in [-0.2, 0) is 6.61 Å². The van der Waals surface area contributed by atoms with Gasteiger partial charge in [-0.3, -0.25) is 4.79 Å². The molecule has 0 saturated heterocycles. The highest BCUT2D eigenvalue weighted by Crippen LogP contribution is 2.27. The molecular weight excluding hydrogens is 436 g/mol. The monoisotopic (exact) mass is 456 g/mol. The van der Waals surface area contributed by atoms with Crippen molar-refractivity contribution < 1.29 is 14.3 Å². The molecule has 3 nitrogen and oxygen atoms in total. The van der Waals surface area contributed by atoms with Crippen molar-refractivity contribution in [1.82, 2.24) is 0 Å². The Balaban J connectivity index is 1.78. The highest BCUT2D eigenvalue weighted by atomic mass is 79.9. The zero-order valence-corrected chi connectivity index (χ0v) is 18.4. The summed E-state index contributed by atoms with van der Waals surface area (Å²) < 4.78 is 12.5. The lowest BCUT2D eigenvalue weighted by molar-refractivity contribution is 0.105. The lowest BCUT2D eigenvalue weighted by Crippen LogP contribution is -2.01. The third-order valence-electron chi connectivity index (χ3n) is 4.32. The van der Waals surface area contributed by atoms with Crippen molar-refractivity contribution >= 4 is 39.1 Å². The molecule has 0 N–H and O–H groups in total. The zero-order valence-electron chi connectivity index (χ0n) is 16.0. The van der Waals surface area contributed by atoms with E-state index in [0.717, 1.165) is 38.2 Å². The van der Waals surface area contributed by atoms with E-state index >= 15 is 0 Å². The summed E-state index contributed by atoms with van der Waals surface area (Å²) in [5.41, 5.74) is 4.05. The molecule has 28 heavy (non-hydrogen) atoms. The number of thiophene rings is 1. The zero-order chi connectivity index (χ0) is 20.1. The number of ether oxygens (including phenoxy) is 2. The summed E-state index contributed by atoms with van der Waals surface area (Å²) in [5, 5.41) is 1.90. The maximum absolute atomic E-state index is 12.3. The molecule has 0 saturated carbocycles. The Hall–Kier alpha value is -2.37. The highest BCUT2D eigenvalue weighted by Gasteiger charge is 2.09. The van der Waals surface area contributed by atoms with Crippen molar-refractivity contribution in [2.24, 2.45) is 0 Å². The van der Waals surface area contributed by atoms with Crippen LogP contribution in [0.1, 0.15) is 31.9 Å². The normalized spacial score (nSPS) is 11.0. The Labute approximate surface area is 177 Å². The fourth-order valence-corrected chi connectivity index (χ4v) is 4.24. The summed E-state index contributed by atoms with van der Waals surface area (Å²) in [7, 11) is 1.64. The average Bonchev–Trinajstić information content (AvgIpc) is 3.12. The van der Waals surface area contributed by atoms with E-state index in [1.165, 1.54) is 11.3 Å². The number of benzene rings is 2. The van der Waals surface area contributed by atoms with Crippen LogP contribution in [0, 0.1) is 13.8 Å². The van der Waals surface area contributed by atoms with Gasteiger partial charge in [0.2, 0.25) is 0 Å². The first kappa shape index (κ1) is 20.4. The number of rotatable bonds is 7. The second kappa shape index (κ2) is 9.22. The molecule has 0 fully saturated rings. The molecule has 1 aromatic heterocycles. The van der Waals surface area contributed by atoms with Crippen molar-refractivity contribution in [3.63, 3.8) is 0 Å². The van der Waals surface area contributed by atoms with Gasteiger partial charge in [0.25, 0.3) is 0 Å². The molecule has 0 amide bonds. The number of ketones is 1. The van der Waals surface area contributed by atoms with Crippen LogP contribution >= 0.6 is 27.3 Å². The molecule has 144 valence electrons. The molecule has 3 rings (SSSR count). The second-order valence-electron chi connectivity index (χ2n) is 6.41. The fraction of sp³-hybridized carbons (Fsp3) is 0.174. The number of allylic oxidation sites excluding steroid dienone is 1. The molecule has 3 aromatic rings. The van der Waals surface area contributed by atoms with Crippen molar-refractivity contribution in [3.8, 4) is 11.5 Å². The molecular formula is C23H21BrO3S. The van der Waals surface area contributed by atoms with Gasteiger partial charge in [-0.15, -0.1) is 11.3 Å². The number of aryl methyl sites for hydroxylation is 2. The molecule has 0 radical (unpaired) electrons. The van der Waals surface area contributed by atoms with Crippen molar-refractivity contribution in [3.05, 3.63) is 85.5 Å². The minimum Gasteiger partial charge on any atom is -0.496 e. The molecule has 0 spiro atoms. The molecule has 0 atom stereocenters. The summed E-state index contributed by atoms with van der Waals surface area (Å²) in [6.45, 7) is 4.46. The Morgan fingerprint density at radius 3 is 2.54 bits per heavy atom. The molecule has 0 unspecified atom stereocenters. The third-order valence-corrected chi connectivity index (χ3v) is 6.03. The van der Waals surface area contributed by atoms with Crippen molar-refractivity contribution in [1.29, 1.82) is 0 Å². The number of halogens is 1. The van der Waals surface area contributed by atoms with Crippen LogP contribution in [-0.4, -0.2) is 12.9 Å². The SMILES string of the molecule is COc1ccc(/C=C/C(=O)c2cc(Br)cs2)cc1COc1c(C)cccc1C. The van der Waals surface area contributed by atoms with E-state index < -0.39 is 0 Å². The van der Waals surface area contributed by atoms with Gasteiger partial charge in [0.15, 0.2) is 5.78 Å². The molecule has 1 heterocycles. The van der Waals surface area contributed by atoms with Crippen LogP contribution in [0.4, 0.5) is 0 Å². The van der Waals surface area contributed by atoms with Gasteiger partial charge in [-0.1, -0.05) is 30.3 Å². The van der Waals surface area contributed by atoms with E-state index in [2.05, 4.69) is 15.9 Å². The van der Waals surface area contributed by atoms with E-state index in [0.29, 0.717) is 11.5 Å². The van der Waals surface area contributed by atoms with Crippen LogP contribution in [0.5, 0.6) is 11.5 Å². The lowest BCUT2D eigenvalue weighted by Gasteiger charge is -2.14. The quantitative estimate of drug-likeness (QED) is 0.296. The molecule has 0 aliphatic carbocycles. The summed E-state index contributed by atoms with van der Waals surface area (Å²) >= 11 is 4.80. The smallest absolute Gasteiger partial charge is 0.195 e. The minimum atomic E-state index is -0.0140. The predicted octanol–water partition coefficient (Wildman–Crippen LogP) is 6.61. The number of carbonyl (C=O) groups is 1. The minimum absolute atomic E-state index is 0.0140. The van der Waals surface area contributed by atoms with Gasteiger partial charge < -0.3 is 9.47 Å². The summed E-state index contributed by atoms with van der Waals surface area (Å²) in [6.07, 6.45) is 3.41. The molecule has 0 aliphatic rings. The Kier molecular flexibility index (Phi) is 6.70. The highest BCUT2D eigenvalue weighted by molar-refractivity contribution is 9.10. The first-order valence-electron chi connectivity index (χ1n) is 8.80. The number of hydrogen-bond donors (Lipinski definition) is 0. The largest absolute Gasteiger partial charge is 0.496 e. The second-order valence-corrected chi connectivity index (χ2v) is 8.23. The van der Waals surface area contributed by atoms with Crippen LogP contribution < -0.4 is 9.47 Å². The summed E-state index contributed by atoms with van der Waals surface area (Å²) in [6, 6.07) is 13.7. The number of methoxy groups -OCH3 is 1. The van der Waals surface area contributed by atoms with E-state index in [1.807, 2.05) is 67.8 Å². The Morgan fingerprint density at radius 1 is 1.14 bits per heavy atom. The standard InChI is InChI=1S/C23H21BrO3S/c1-15-5-4-6-16(2)23(15)27-13-18-11-17(8-10-21(18)26-3)7-9-20(25)22-12-19(24)14-28-22/h4-12,14H,13H2,1-3H3/b9-7+. The molecule has 5 heteroatoms. The van der Waals surface area contributed by atoms with E-state index in [1.54, 1.807) is 13.2 Å². The number of carbonyl (C=O) groups excluding carboxylic acids is 1. The van der Waals surface area contributed by atoms with E-state index in [-0.39, 0.29) is 5.78 Å². The lowest BCUT2D eigenvalue weighted by atomic mass is 10.1. The van der Waals surface area contributed by atoms with Crippen LogP contribution in [0.15, 0.2) is 58.4 Å². The molecule has 0 aliphatic heterocycles.